The molecule has 0 saturated carbocycles. The molecule has 5 heteroatoms. The van der Waals surface area contributed by atoms with E-state index in [0.717, 1.165) is 11.3 Å². The molecule has 2 aliphatic rings. The van der Waals surface area contributed by atoms with Crippen LogP contribution in [0.3, 0.4) is 0 Å². The first kappa shape index (κ1) is 13.9. The van der Waals surface area contributed by atoms with E-state index in [1.807, 2.05) is 31.2 Å². The van der Waals surface area contributed by atoms with Crippen molar-refractivity contribution in [3.8, 4) is 5.75 Å². The van der Waals surface area contributed by atoms with Gasteiger partial charge in [0.15, 0.2) is 0 Å². The van der Waals surface area contributed by atoms with Gasteiger partial charge in [0.05, 0.1) is 11.8 Å². The van der Waals surface area contributed by atoms with Gasteiger partial charge in [0.2, 0.25) is 5.91 Å². The van der Waals surface area contributed by atoms with Gasteiger partial charge in [-0.15, -0.1) is 0 Å². The van der Waals surface area contributed by atoms with E-state index >= 15 is 0 Å². The van der Waals surface area contributed by atoms with Crippen LogP contribution in [0.4, 0.5) is 0 Å². The van der Waals surface area contributed by atoms with E-state index in [-0.39, 0.29) is 17.9 Å². The maximum atomic E-state index is 12.6. The van der Waals surface area contributed by atoms with Crippen molar-refractivity contribution >= 4 is 11.9 Å². The van der Waals surface area contributed by atoms with E-state index in [4.69, 9.17) is 9.84 Å². The van der Waals surface area contributed by atoms with E-state index < -0.39 is 11.9 Å². The molecule has 21 heavy (non-hydrogen) atoms. The molecule has 1 aromatic rings. The number of ether oxygens (including phenoxy) is 1. The number of hydrogen-bond donors (Lipinski definition) is 1. The fourth-order valence-electron chi connectivity index (χ4n) is 3.30. The summed E-state index contributed by atoms with van der Waals surface area (Å²) in [4.78, 5) is 25.5. The number of fused-ring (bicyclic) bond motifs is 1. The lowest BCUT2D eigenvalue weighted by Gasteiger charge is -2.30. The van der Waals surface area contributed by atoms with Crippen LogP contribution in [0.5, 0.6) is 5.75 Å². The number of amides is 1. The Bertz CT molecular complexity index is 571. The third-order valence-electron chi connectivity index (χ3n) is 4.58. The minimum atomic E-state index is -0.817. The second kappa shape index (κ2) is 5.39. The van der Waals surface area contributed by atoms with Crippen LogP contribution in [0, 0.1) is 11.8 Å². The van der Waals surface area contributed by atoms with Crippen molar-refractivity contribution in [1.29, 1.82) is 0 Å². The number of aliphatic carboxylic acids is 1. The molecule has 0 bridgehead atoms. The van der Waals surface area contributed by atoms with Crippen molar-refractivity contribution in [3.63, 3.8) is 0 Å². The van der Waals surface area contributed by atoms with Gasteiger partial charge in [-0.2, -0.15) is 0 Å². The van der Waals surface area contributed by atoms with E-state index in [1.54, 1.807) is 4.90 Å². The summed E-state index contributed by atoms with van der Waals surface area (Å²) in [6.45, 7) is 2.72. The molecule has 3 atom stereocenters. The van der Waals surface area contributed by atoms with Gasteiger partial charge in [-0.3, -0.25) is 9.59 Å². The first-order chi connectivity index (χ1) is 10.1. The average molecular weight is 289 g/mol. The summed E-state index contributed by atoms with van der Waals surface area (Å²) in [6.07, 6.45) is 1.20. The Morgan fingerprint density at radius 3 is 2.81 bits per heavy atom. The lowest BCUT2D eigenvalue weighted by Crippen LogP contribution is -2.44. The highest BCUT2D eigenvalue weighted by Gasteiger charge is 2.41. The molecule has 112 valence electrons. The van der Waals surface area contributed by atoms with Gasteiger partial charge in [-0.1, -0.05) is 18.2 Å². The van der Waals surface area contributed by atoms with Crippen LogP contribution < -0.4 is 4.74 Å². The highest BCUT2D eigenvalue weighted by Crippen LogP contribution is 2.31. The van der Waals surface area contributed by atoms with E-state index in [9.17, 15) is 9.59 Å². The van der Waals surface area contributed by atoms with E-state index in [1.165, 1.54) is 0 Å². The molecule has 3 unspecified atom stereocenters. The van der Waals surface area contributed by atoms with Crippen LogP contribution in [0.15, 0.2) is 24.3 Å². The summed E-state index contributed by atoms with van der Waals surface area (Å²) in [5.74, 6) is -0.621. The maximum Gasteiger partial charge on any atom is 0.308 e. The van der Waals surface area contributed by atoms with Crippen LogP contribution >= 0.6 is 0 Å². The Morgan fingerprint density at radius 2 is 2.10 bits per heavy atom. The molecule has 0 aliphatic carbocycles. The highest BCUT2D eigenvalue weighted by atomic mass is 16.5. The molecule has 2 heterocycles. The summed E-state index contributed by atoms with van der Waals surface area (Å²) in [5.41, 5.74) is 1.05. The summed E-state index contributed by atoms with van der Waals surface area (Å²) in [6, 6.07) is 7.50. The molecule has 0 spiro atoms. The van der Waals surface area contributed by atoms with Crippen molar-refractivity contribution < 1.29 is 19.4 Å². The van der Waals surface area contributed by atoms with Crippen molar-refractivity contribution in [1.82, 2.24) is 4.90 Å². The van der Waals surface area contributed by atoms with Crippen LogP contribution in [0.25, 0.3) is 0 Å². The summed E-state index contributed by atoms with van der Waals surface area (Å²) in [7, 11) is 0. The van der Waals surface area contributed by atoms with Crippen LogP contribution in [0.2, 0.25) is 0 Å². The number of rotatable bonds is 2. The molecule has 1 amide bonds. The molecule has 1 N–H and O–H groups in total. The van der Waals surface area contributed by atoms with Crippen molar-refractivity contribution in [2.45, 2.75) is 25.8 Å². The normalized spacial score (nSPS) is 27.9. The highest BCUT2D eigenvalue weighted by molar-refractivity contribution is 5.82. The first-order valence-corrected chi connectivity index (χ1v) is 7.32. The molecule has 1 aromatic carbocycles. The van der Waals surface area contributed by atoms with Crippen molar-refractivity contribution in [2.24, 2.45) is 11.8 Å². The number of carbonyl (C=O) groups excluding carboxylic acids is 1. The average Bonchev–Trinajstić information content (AvgIpc) is 2.88. The van der Waals surface area contributed by atoms with Gasteiger partial charge in [-0.05, 0) is 31.4 Å². The van der Waals surface area contributed by atoms with Gasteiger partial charge in [0.1, 0.15) is 12.4 Å². The number of likely N-dealkylation sites (tertiary alicyclic amines) is 1. The molecule has 2 aliphatic heterocycles. The van der Waals surface area contributed by atoms with E-state index in [0.29, 0.717) is 26.0 Å². The number of benzene rings is 1. The van der Waals surface area contributed by atoms with Gasteiger partial charge in [0, 0.05) is 12.6 Å². The topological polar surface area (TPSA) is 66.8 Å². The third-order valence-corrected chi connectivity index (χ3v) is 4.58. The molecular weight excluding hydrogens is 270 g/mol. The van der Waals surface area contributed by atoms with Gasteiger partial charge < -0.3 is 14.7 Å². The van der Waals surface area contributed by atoms with Crippen LogP contribution in [-0.2, 0) is 16.0 Å². The smallest absolute Gasteiger partial charge is 0.308 e. The summed E-state index contributed by atoms with van der Waals surface area (Å²) < 4.78 is 5.66. The summed E-state index contributed by atoms with van der Waals surface area (Å²) >= 11 is 0. The molecule has 5 nitrogen and oxygen atoms in total. The zero-order chi connectivity index (χ0) is 15.0. The molecular formula is C16H19NO4. The predicted octanol–water partition coefficient (Wildman–Crippen LogP) is 1.56. The Kier molecular flexibility index (Phi) is 3.57. The number of carboxylic acids is 1. The maximum absolute atomic E-state index is 12.6. The monoisotopic (exact) mass is 289 g/mol. The Balaban J connectivity index is 1.71. The van der Waals surface area contributed by atoms with Gasteiger partial charge in [0.25, 0.3) is 0 Å². The summed E-state index contributed by atoms with van der Waals surface area (Å²) in [5, 5.41) is 9.16. The Morgan fingerprint density at radius 1 is 1.33 bits per heavy atom. The van der Waals surface area contributed by atoms with Gasteiger partial charge in [-0.25, -0.2) is 0 Å². The molecule has 1 saturated heterocycles. The molecule has 1 fully saturated rings. The van der Waals surface area contributed by atoms with E-state index in [2.05, 4.69) is 0 Å². The second-order valence-electron chi connectivity index (χ2n) is 5.83. The third kappa shape index (κ3) is 2.48. The minimum Gasteiger partial charge on any atom is -0.492 e. The fraction of sp³-hybridized carbons (Fsp3) is 0.500. The first-order valence-electron chi connectivity index (χ1n) is 7.32. The zero-order valence-corrected chi connectivity index (χ0v) is 12.0. The van der Waals surface area contributed by atoms with Crippen LogP contribution in [-0.4, -0.2) is 41.1 Å². The van der Waals surface area contributed by atoms with Crippen LogP contribution in [0.1, 0.15) is 18.9 Å². The molecule has 0 aromatic heterocycles. The zero-order valence-electron chi connectivity index (χ0n) is 12.0. The number of hydrogen-bond acceptors (Lipinski definition) is 3. The second-order valence-corrected chi connectivity index (χ2v) is 5.83. The minimum absolute atomic E-state index is 0.0146. The standard InChI is InChI=1S/C16H19NO4/c1-10-13(16(19)20)6-7-17(10)15(18)12-8-11-4-2-3-5-14(11)21-9-12/h2-5,10,12-13H,6-9H2,1H3,(H,19,20). The lowest BCUT2D eigenvalue weighted by molar-refractivity contribution is -0.143. The van der Waals surface area contributed by atoms with Crippen molar-refractivity contribution in [2.75, 3.05) is 13.2 Å². The number of para-hydroxylation sites is 1. The Hall–Kier alpha value is -2.04. The fourth-order valence-corrected chi connectivity index (χ4v) is 3.30. The molecule has 0 radical (unpaired) electrons. The largest absolute Gasteiger partial charge is 0.492 e. The molecule has 3 rings (SSSR count). The lowest BCUT2D eigenvalue weighted by atomic mass is 9.95. The quantitative estimate of drug-likeness (QED) is 0.897. The number of carboxylic acid groups (broad SMARTS) is 1. The number of carbonyl (C=O) groups is 2. The van der Waals surface area contributed by atoms with Crippen molar-refractivity contribution in [3.05, 3.63) is 29.8 Å². The predicted molar refractivity (Wildman–Crippen MR) is 76.0 cm³/mol. The SMILES string of the molecule is CC1C(C(=O)O)CCN1C(=O)C1COc2ccccc2C1. The Labute approximate surface area is 123 Å². The van der Waals surface area contributed by atoms with Gasteiger partial charge >= 0.3 is 5.97 Å². The number of nitrogens with zero attached hydrogens (tertiary/aromatic N) is 1.